The summed E-state index contributed by atoms with van der Waals surface area (Å²) in [6.07, 6.45) is 7.02. The van der Waals surface area contributed by atoms with Gasteiger partial charge in [-0.1, -0.05) is 72.3 Å². The van der Waals surface area contributed by atoms with Crippen LogP contribution < -0.4 is 10.2 Å². The smallest absolute Gasteiger partial charge is 0.238 e. The molecule has 0 saturated carbocycles. The molecule has 39 heavy (non-hydrogen) atoms. The first-order chi connectivity index (χ1) is 19.0. The molecule has 3 aliphatic rings. The predicted molar refractivity (Wildman–Crippen MR) is 150 cm³/mol. The number of nitrogens with one attached hydrogen (secondary N) is 1. The minimum atomic E-state index is -1.36. The zero-order valence-electron chi connectivity index (χ0n) is 20.6. The van der Waals surface area contributed by atoms with Crippen LogP contribution in [0.4, 0.5) is 11.4 Å². The summed E-state index contributed by atoms with van der Waals surface area (Å²) in [4.78, 5) is 49.5. The van der Waals surface area contributed by atoms with E-state index in [1.807, 2.05) is 65.6 Å². The molecular weight excluding hydrogens is 510 g/mol. The summed E-state index contributed by atoms with van der Waals surface area (Å²) < 4.78 is 0. The Balaban J connectivity index is 1.55. The number of nitrogens with zero attached hydrogens (tertiary/aromatic N) is 2. The van der Waals surface area contributed by atoms with Crippen LogP contribution in [0.5, 0.6) is 0 Å². The molecule has 1 fully saturated rings. The molecule has 4 aromatic rings. The van der Waals surface area contributed by atoms with Gasteiger partial charge in [0.25, 0.3) is 0 Å². The number of hydrogen-bond acceptors (Lipinski definition) is 5. The largest absolute Gasteiger partial charge is 0.352 e. The Bertz CT molecular complexity index is 1700. The van der Waals surface area contributed by atoms with Gasteiger partial charge in [0.2, 0.25) is 5.91 Å². The Morgan fingerprint density at radius 3 is 2.41 bits per heavy atom. The molecule has 1 amide bonds. The van der Waals surface area contributed by atoms with Gasteiger partial charge in [0.15, 0.2) is 11.6 Å². The van der Waals surface area contributed by atoms with E-state index in [2.05, 4.69) is 10.3 Å². The second kappa shape index (κ2) is 8.75. The Morgan fingerprint density at radius 1 is 0.872 bits per heavy atom. The minimum Gasteiger partial charge on any atom is -0.352 e. The monoisotopic (exact) mass is 531 g/mol. The molecule has 4 heterocycles. The lowest BCUT2D eigenvalue weighted by molar-refractivity contribution is -0.121. The van der Waals surface area contributed by atoms with Crippen LogP contribution in [0.3, 0.4) is 0 Å². The predicted octanol–water partition coefficient (Wildman–Crippen LogP) is 5.59. The fourth-order valence-electron chi connectivity index (χ4n) is 6.64. The third kappa shape index (κ3) is 3.21. The number of anilines is 2. The van der Waals surface area contributed by atoms with Gasteiger partial charge >= 0.3 is 0 Å². The lowest BCUT2D eigenvalue weighted by Crippen LogP contribution is -2.51. The maximum absolute atomic E-state index is 14.6. The van der Waals surface area contributed by atoms with Crippen molar-refractivity contribution in [3.63, 3.8) is 0 Å². The number of carbonyl (C=O) groups is 3. The highest BCUT2D eigenvalue weighted by Gasteiger charge is 2.70. The molecule has 1 aromatic heterocycles. The molecule has 1 N–H and O–H groups in total. The van der Waals surface area contributed by atoms with E-state index in [0.29, 0.717) is 27.4 Å². The van der Waals surface area contributed by atoms with E-state index in [-0.39, 0.29) is 17.5 Å². The molecule has 190 valence electrons. The Hall–Kier alpha value is -4.55. The van der Waals surface area contributed by atoms with E-state index in [1.54, 1.807) is 48.8 Å². The van der Waals surface area contributed by atoms with Crippen LogP contribution in [0, 0.1) is 5.92 Å². The van der Waals surface area contributed by atoms with E-state index < -0.39 is 23.4 Å². The van der Waals surface area contributed by atoms with Crippen molar-refractivity contribution >= 4 is 46.5 Å². The second-order valence-electron chi connectivity index (χ2n) is 10.0. The number of para-hydroxylation sites is 2. The molecule has 7 heteroatoms. The highest BCUT2D eigenvalue weighted by atomic mass is 35.5. The van der Waals surface area contributed by atoms with E-state index in [0.717, 1.165) is 11.3 Å². The number of Topliss-reactive ketones (excluding diaryl/α,β-unsaturated/α-hetero) is 2. The van der Waals surface area contributed by atoms with Crippen LogP contribution >= 0.6 is 11.6 Å². The number of carbonyl (C=O) groups excluding carboxylic acids is 3. The number of ketones is 2. The van der Waals surface area contributed by atoms with Crippen LogP contribution in [-0.4, -0.2) is 34.5 Å². The van der Waals surface area contributed by atoms with Crippen molar-refractivity contribution in [2.24, 2.45) is 5.92 Å². The molecule has 0 radical (unpaired) electrons. The molecule has 3 aliphatic heterocycles. The number of pyridine rings is 1. The van der Waals surface area contributed by atoms with Gasteiger partial charge in [-0.3, -0.25) is 19.4 Å². The van der Waals surface area contributed by atoms with Crippen molar-refractivity contribution in [2.75, 3.05) is 10.2 Å². The van der Waals surface area contributed by atoms with Crippen molar-refractivity contribution in [3.8, 4) is 0 Å². The quantitative estimate of drug-likeness (QED) is 0.347. The molecule has 0 unspecified atom stereocenters. The molecule has 1 saturated heterocycles. The molecule has 7 rings (SSSR count). The third-order valence-corrected chi connectivity index (χ3v) is 8.53. The normalized spacial score (nSPS) is 24.2. The van der Waals surface area contributed by atoms with Crippen LogP contribution in [0.15, 0.2) is 103 Å². The number of halogens is 1. The van der Waals surface area contributed by atoms with Crippen molar-refractivity contribution in [2.45, 2.75) is 17.5 Å². The van der Waals surface area contributed by atoms with Crippen molar-refractivity contribution in [3.05, 3.63) is 131 Å². The number of amides is 1. The summed E-state index contributed by atoms with van der Waals surface area (Å²) in [5, 5.41) is 3.33. The summed E-state index contributed by atoms with van der Waals surface area (Å²) in [7, 11) is 0. The fourth-order valence-corrected chi connectivity index (χ4v) is 6.86. The molecule has 0 bridgehead atoms. The maximum Gasteiger partial charge on any atom is 0.238 e. The standard InChI is InChI=1S/C32H22ClN3O3/c33-23-10-4-2-8-21(23)30(38)28-27(29(37)20-15-17-34-18-16-20)32(22-9-3-5-11-24(22)35-31(32)39)26-14-13-19-7-1-6-12-25(19)36(26)28/h1-18,26-28H,(H,35,39)/t26-,27+,28-,32-/m0/s1. The van der Waals surface area contributed by atoms with Crippen LogP contribution in [0.25, 0.3) is 6.08 Å². The summed E-state index contributed by atoms with van der Waals surface area (Å²) in [5.74, 6) is -1.95. The zero-order chi connectivity index (χ0) is 26.7. The molecule has 3 aromatic carbocycles. The SMILES string of the molecule is O=C(c1ccccc1Cl)[C@@H]1[C@H](C(=O)c2ccncc2)[C@@]2(C(=O)Nc3ccccc32)[C@@H]2C=Cc3ccccc3N12. The molecule has 6 nitrogen and oxygen atoms in total. The maximum atomic E-state index is 14.6. The number of benzene rings is 3. The van der Waals surface area contributed by atoms with Gasteiger partial charge in [0, 0.05) is 34.9 Å². The van der Waals surface area contributed by atoms with E-state index in [9.17, 15) is 14.4 Å². The number of rotatable bonds is 4. The van der Waals surface area contributed by atoms with Crippen LogP contribution in [-0.2, 0) is 10.2 Å². The topological polar surface area (TPSA) is 79.4 Å². The lowest BCUT2D eigenvalue weighted by atomic mass is 9.64. The van der Waals surface area contributed by atoms with E-state index >= 15 is 0 Å². The number of fused-ring (bicyclic) bond motifs is 6. The fraction of sp³-hybridized carbons (Fsp3) is 0.125. The van der Waals surface area contributed by atoms with Gasteiger partial charge in [-0.05, 0) is 47.5 Å². The highest BCUT2D eigenvalue weighted by Crippen LogP contribution is 2.58. The first-order valence-electron chi connectivity index (χ1n) is 12.7. The molecule has 0 aliphatic carbocycles. The van der Waals surface area contributed by atoms with Crippen molar-refractivity contribution in [1.29, 1.82) is 0 Å². The first kappa shape index (κ1) is 23.6. The Morgan fingerprint density at radius 2 is 1.59 bits per heavy atom. The van der Waals surface area contributed by atoms with Gasteiger partial charge in [0.1, 0.15) is 11.5 Å². The van der Waals surface area contributed by atoms with E-state index in [4.69, 9.17) is 11.6 Å². The van der Waals surface area contributed by atoms with Crippen molar-refractivity contribution < 1.29 is 14.4 Å². The highest BCUT2D eigenvalue weighted by molar-refractivity contribution is 6.34. The average molecular weight is 532 g/mol. The molecule has 1 spiro atoms. The summed E-state index contributed by atoms with van der Waals surface area (Å²) in [5.41, 5.74) is 2.39. The summed E-state index contributed by atoms with van der Waals surface area (Å²) >= 11 is 6.55. The zero-order valence-corrected chi connectivity index (χ0v) is 21.4. The number of aromatic nitrogens is 1. The van der Waals surface area contributed by atoms with Crippen LogP contribution in [0.2, 0.25) is 5.02 Å². The molecular formula is C32H22ClN3O3. The van der Waals surface area contributed by atoms with Crippen molar-refractivity contribution in [1.82, 2.24) is 4.98 Å². The van der Waals surface area contributed by atoms with Gasteiger partial charge in [-0.2, -0.15) is 0 Å². The second-order valence-corrected chi connectivity index (χ2v) is 10.4. The minimum absolute atomic E-state index is 0.296. The molecule has 4 atom stereocenters. The Labute approximate surface area is 229 Å². The van der Waals surface area contributed by atoms with Gasteiger partial charge < -0.3 is 10.2 Å². The van der Waals surface area contributed by atoms with Gasteiger partial charge in [0.05, 0.1) is 17.0 Å². The average Bonchev–Trinajstić information content (AvgIpc) is 3.45. The van der Waals surface area contributed by atoms with E-state index in [1.165, 1.54) is 0 Å². The summed E-state index contributed by atoms with van der Waals surface area (Å²) in [6.45, 7) is 0. The van der Waals surface area contributed by atoms with Gasteiger partial charge in [-0.25, -0.2) is 0 Å². The van der Waals surface area contributed by atoms with Crippen LogP contribution in [0.1, 0.15) is 31.8 Å². The Kier molecular flexibility index (Phi) is 5.28. The first-order valence-corrected chi connectivity index (χ1v) is 13.1. The number of hydrogen-bond donors (Lipinski definition) is 1. The summed E-state index contributed by atoms with van der Waals surface area (Å²) in [6, 6.07) is 23.7. The third-order valence-electron chi connectivity index (χ3n) is 8.20. The lowest BCUT2D eigenvalue weighted by Gasteiger charge is -2.37. The van der Waals surface area contributed by atoms with Gasteiger partial charge in [-0.15, -0.1) is 0 Å².